The zero-order valence-electron chi connectivity index (χ0n) is 7.45. The van der Waals surface area contributed by atoms with Crippen molar-refractivity contribution in [1.29, 1.82) is 0 Å². The fourth-order valence-corrected chi connectivity index (χ4v) is 0.877. The molecule has 0 radical (unpaired) electrons. The summed E-state index contributed by atoms with van der Waals surface area (Å²) in [4.78, 5) is 22.8. The Morgan fingerprint density at radius 1 is 1.60 bits per heavy atom. The summed E-state index contributed by atoms with van der Waals surface area (Å²) >= 11 is 0. The van der Waals surface area contributed by atoms with Gasteiger partial charge in [0, 0.05) is 6.92 Å². The van der Waals surface area contributed by atoms with E-state index in [2.05, 4.69) is 4.98 Å². The monoisotopic (exact) mass is 217 g/mol. The van der Waals surface area contributed by atoms with Crippen molar-refractivity contribution in [1.82, 2.24) is 4.98 Å². The van der Waals surface area contributed by atoms with Gasteiger partial charge in [-0.3, -0.25) is 14.9 Å². The molecule has 0 fully saturated rings. The number of hydrogen-bond donors (Lipinski definition) is 1. The van der Waals surface area contributed by atoms with Crippen molar-refractivity contribution < 1.29 is 18.5 Å². The van der Waals surface area contributed by atoms with Crippen LogP contribution in [0.25, 0.3) is 0 Å². The molecule has 0 spiro atoms. The molecule has 15 heavy (non-hydrogen) atoms. The van der Waals surface area contributed by atoms with Crippen molar-refractivity contribution in [3.8, 4) is 0 Å². The Morgan fingerprint density at radius 3 is 2.67 bits per heavy atom. The van der Waals surface area contributed by atoms with Gasteiger partial charge in [0.15, 0.2) is 5.82 Å². The molecule has 0 atom stereocenters. The van der Waals surface area contributed by atoms with Crippen molar-refractivity contribution in [3.05, 3.63) is 27.9 Å². The number of amides is 1. The molecule has 0 unspecified atom stereocenters. The minimum Gasteiger partial charge on any atom is -0.308 e. The first-order valence-corrected chi connectivity index (χ1v) is 3.69. The van der Waals surface area contributed by atoms with Gasteiger partial charge in [-0.1, -0.05) is 0 Å². The maximum Gasteiger partial charge on any atom is 0.345 e. The highest BCUT2D eigenvalue weighted by Crippen LogP contribution is 2.25. The van der Waals surface area contributed by atoms with Crippen LogP contribution >= 0.6 is 0 Å². The molecule has 1 amide bonds. The number of carbonyl (C=O) groups is 1. The number of nitrogens with zero attached hydrogens (tertiary/aromatic N) is 2. The van der Waals surface area contributed by atoms with Crippen molar-refractivity contribution >= 4 is 17.4 Å². The maximum absolute atomic E-state index is 13.2. The summed E-state index contributed by atoms with van der Waals surface area (Å²) < 4.78 is 25.9. The molecule has 0 aromatic carbocycles. The lowest BCUT2D eigenvalue weighted by atomic mass is 10.3. The second kappa shape index (κ2) is 3.95. The van der Waals surface area contributed by atoms with Gasteiger partial charge in [0.2, 0.25) is 17.5 Å². The smallest absolute Gasteiger partial charge is 0.308 e. The third-order valence-corrected chi connectivity index (χ3v) is 1.43. The van der Waals surface area contributed by atoms with Gasteiger partial charge in [0.1, 0.15) is 0 Å². The summed E-state index contributed by atoms with van der Waals surface area (Å²) in [6.07, 6.45) is 0.465. The Bertz CT molecular complexity index is 436. The largest absolute Gasteiger partial charge is 0.345 e. The molecule has 8 heteroatoms. The number of anilines is 1. The number of carbonyl (C=O) groups excluding carboxylic acids is 1. The quantitative estimate of drug-likeness (QED) is 0.596. The van der Waals surface area contributed by atoms with Crippen LogP contribution in [0.5, 0.6) is 0 Å². The molecular formula is C7H5F2N3O3. The summed E-state index contributed by atoms with van der Waals surface area (Å²) in [5.74, 6) is -4.24. The van der Waals surface area contributed by atoms with E-state index < -0.39 is 34.0 Å². The fourth-order valence-electron chi connectivity index (χ4n) is 0.877. The van der Waals surface area contributed by atoms with Crippen molar-refractivity contribution in [3.63, 3.8) is 0 Å². The van der Waals surface area contributed by atoms with Crippen molar-refractivity contribution in [2.75, 3.05) is 5.32 Å². The van der Waals surface area contributed by atoms with Gasteiger partial charge in [-0.25, -0.2) is 4.98 Å². The van der Waals surface area contributed by atoms with Crippen LogP contribution in [-0.2, 0) is 4.79 Å². The molecule has 1 heterocycles. The molecular weight excluding hydrogens is 212 g/mol. The van der Waals surface area contributed by atoms with E-state index in [0.29, 0.717) is 6.20 Å². The highest BCUT2D eigenvalue weighted by atomic mass is 19.1. The zero-order valence-corrected chi connectivity index (χ0v) is 7.45. The summed E-state index contributed by atoms with van der Waals surface area (Å²) in [6, 6.07) is 0. The molecule has 0 saturated heterocycles. The van der Waals surface area contributed by atoms with Gasteiger partial charge in [-0.15, -0.1) is 0 Å². The number of pyridine rings is 1. The Labute approximate surface area is 82.1 Å². The molecule has 1 N–H and O–H groups in total. The Balaban J connectivity index is 3.28. The van der Waals surface area contributed by atoms with Crippen molar-refractivity contribution in [2.24, 2.45) is 0 Å². The molecule has 1 aromatic heterocycles. The minimum atomic E-state index is -1.50. The number of halogens is 2. The third-order valence-electron chi connectivity index (χ3n) is 1.43. The van der Waals surface area contributed by atoms with Crippen LogP contribution in [-0.4, -0.2) is 15.8 Å². The van der Waals surface area contributed by atoms with Gasteiger partial charge in [-0.2, -0.15) is 8.78 Å². The summed E-state index contributed by atoms with van der Waals surface area (Å²) in [5, 5.41) is 12.2. The molecule has 80 valence electrons. The van der Waals surface area contributed by atoms with Gasteiger partial charge >= 0.3 is 5.69 Å². The van der Waals surface area contributed by atoms with Crippen LogP contribution in [0.3, 0.4) is 0 Å². The first-order chi connectivity index (χ1) is 6.93. The summed E-state index contributed by atoms with van der Waals surface area (Å²) in [5.41, 5.74) is -1.34. The highest BCUT2D eigenvalue weighted by molar-refractivity contribution is 5.88. The zero-order chi connectivity index (χ0) is 11.6. The van der Waals surface area contributed by atoms with Gasteiger partial charge in [0.25, 0.3) is 0 Å². The molecule has 0 aliphatic carbocycles. The van der Waals surface area contributed by atoms with E-state index in [1.54, 1.807) is 0 Å². The number of nitrogens with one attached hydrogen (secondary N) is 1. The molecule has 0 saturated carbocycles. The third kappa shape index (κ3) is 2.22. The predicted octanol–water partition coefficient (Wildman–Crippen LogP) is 1.23. The van der Waals surface area contributed by atoms with E-state index in [4.69, 9.17) is 0 Å². The highest BCUT2D eigenvalue weighted by Gasteiger charge is 2.25. The summed E-state index contributed by atoms with van der Waals surface area (Å²) in [7, 11) is 0. The SMILES string of the molecule is CC(=O)Nc1ncc(F)c([N+](=O)[O-])c1F. The second-order valence-corrected chi connectivity index (χ2v) is 2.56. The molecule has 1 rings (SSSR count). The lowest BCUT2D eigenvalue weighted by Crippen LogP contribution is -2.11. The van der Waals surface area contributed by atoms with Gasteiger partial charge in [0.05, 0.1) is 11.1 Å². The lowest BCUT2D eigenvalue weighted by Gasteiger charge is -2.02. The van der Waals surface area contributed by atoms with Crippen LogP contribution < -0.4 is 5.32 Å². The van der Waals surface area contributed by atoms with Crippen LogP contribution in [0.4, 0.5) is 20.3 Å². The molecule has 0 bridgehead atoms. The average molecular weight is 217 g/mol. The predicted molar refractivity (Wildman–Crippen MR) is 45.1 cm³/mol. The maximum atomic E-state index is 13.2. The first-order valence-electron chi connectivity index (χ1n) is 3.69. The topological polar surface area (TPSA) is 85.1 Å². The molecule has 1 aromatic rings. The van der Waals surface area contributed by atoms with Gasteiger partial charge < -0.3 is 5.32 Å². The van der Waals surface area contributed by atoms with Crippen LogP contribution in [0.15, 0.2) is 6.20 Å². The molecule has 6 nitrogen and oxygen atoms in total. The van der Waals surface area contributed by atoms with E-state index in [0.717, 1.165) is 6.92 Å². The molecule has 0 aliphatic heterocycles. The number of aromatic nitrogens is 1. The second-order valence-electron chi connectivity index (χ2n) is 2.56. The minimum absolute atomic E-state index is 0.465. The normalized spacial score (nSPS) is 9.80. The summed E-state index contributed by atoms with van der Waals surface area (Å²) in [6.45, 7) is 1.07. The van der Waals surface area contributed by atoms with E-state index in [-0.39, 0.29) is 0 Å². The van der Waals surface area contributed by atoms with Crippen LogP contribution in [0.1, 0.15) is 6.92 Å². The van der Waals surface area contributed by atoms with Gasteiger partial charge in [-0.05, 0) is 0 Å². The number of rotatable bonds is 2. The number of hydrogen-bond acceptors (Lipinski definition) is 4. The Morgan fingerprint density at radius 2 is 2.20 bits per heavy atom. The number of nitro groups is 1. The van der Waals surface area contributed by atoms with Crippen molar-refractivity contribution in [2.45, 2.75) is 6.92 Å². The van der Waals surface area contributed by atoms with E-state index in [1.807, 2.05) is 5.32 Å². The van der Waals surface area contributed by atoms with E-state index in [9.17, 15) is 23.7 Å². The first kappa shape index (κ1) is 11.0. The van der Waals surface area contributed by atoms with E-state index in [1.165, 1.54) is 0 Å². The molecule has 0 aliphatic rings. The van der Waals surface area contributed by atoms with Crippen LogP contribution in [0, 0.1) is 21.7 Å². The average Bonchev–Trinajstić information content (AvgIpc) is 2.09. The Hall–Kier alpha value is -2.12. The fraction of sp³-hybridized carbons (Fsp3) is 0.143. The standard InChI is InChI=1S/C7H5F2N3O3/c1-3(13)11-7-5(9)6(12(14)15)4(8)2-10-7/h2H,1H3,(H,10,11,13). The van der Waals surface area contributed by atoms with E-state index >= 15 is 0 Å². The van der Waals surface area contributed by atoms with Crippen LogP contribution in [0.2, 0.25) is 0 Å². The lowest BCUT2D eigenvalue weighted by molar-refractivity contribution is -0.390. The Kier molecular flexibility index (Phi) is 2.88.